The van der Waals surface area contributed by atoms with E-state index in [0.717, 1.165) is 51.0 Å². The van der Waals surface area contributed by atoms with Gasteiger partial charge in [-0.05, 0) is 61.1 Å². The quantitative estimate of drug-likeness (QED) is 0.643. The SMILES string of the molecule is O=S(=O)(Nc1cnc(N2CCN(c3ccccc3)CC2)nc1)c1ccc2c(c1)CCCC2. The van der Waals surface area contributed by atoms with Crippen LogP contribution in [0.1, 0.15) is 24.0 Å². The minimum atomic E-state index is -3.67. The van der Waals surface area contributed by atoms with E-state index in [1.165, 1.54) is 17.7 Å². The van der Waals surface area contributed by atoms with E-state index in [4.69, 9.17) is 0 Å². The van der Waals surface area contributed by atoms with Gasteiger partial charge in [-0.1, -0.05) is 24.3 Å². The molecule has 7 nitrogen and oxygen atoms in total. The summed E-state index contributed by atoms with van der Waals surface area (Å²) in [7, 11) is -3.67. The number of nitrogens with zero attached hydrogens (tertiary/aromatic N) is 4. The third-order valence-electron chi connectivity index (χ3n) is 6.20. The Morgan fingerprint density at radius 1 is 0.781 bits per heavy atom. The smallest absolute Gasteiger partial charge is 0.262 e. The van der Waals surface area contributed by atoms with Gasteiger partial charge in [0.2, 0.25) is 5.95 Å². The number of rotatable bonds is 5. The van der Waals surface area contributed by atoms with Crippen molar-refractivity contribution in [1.82, 2.24) is 9.97 Å². The highest BCUT2D eigenvalue weighted by Gasteiger charge is 2.21. The predicted molar refractivity (Wildman–Crippen MR) is 127 cm³/mol. The highest BCUT2D eigenvalue weighted by molar-refractivity contribution is 7.92. The normalized spacial score (nSPS) is 16.5. The topological polar surface area (TPSA) is 78.4 Å². The van der Waals surface area contributed by atoms with Crippen LogP contribution in [0.2, 0.25) is 0 Å². The van der Waals surface area contributed by atoms with Gasteiger partial charge in [0.05, 0.1) is 23.0 Å². The van der Waals surface area contributed by atoms with Crippen molar-refractivity contribution in [1.29, 1.82) is 0 Å². The van der Waals surface area contributed by atoms with Gasteiger partial charge in [-0.2, -0.15) is 0 Å². The Bertz CT molecular complexity index is 1170. The van der Waals surface area contributed by atoms with Gasteiger partial charge in [0.25, 0.3) is 10.0 Å². The van der Waals surface area contributed by atoms with Gasteiger partial charge >= 0.3 is 0 Å². The molecule has 2 aromatic carbocycles. The fourth-order valence-electron chi connectivity index (χ4n) is 4.43. The van der Waals surface area contributed by atoms with Crippen molar-refractivity contribution in [2.75, 3.05) is 40.7 Å². The second-order valence-electron chi connectivity index (χ2n) is 8.32. The summed E-state index contributed by atoms with van der Waals surface area (Å²) in [4.78, 5) is 13.6. The molecule has 1 aliphatic carbocycles. The average molecular weight is 450 g/mol. The van der Waals surface area contributed by atoms with Crippen LogP contribution < -0.4 is 14.5 Å². The summed E-state index contributed by atoms with van der Waals surface area (Å²) in [6, 6.07) is 15.8. The van der Waals surface area contributed by atoms with Crippen molar-refractivity contribution in [2.24, 2.45) is 0 Å². The number of fused-ring (bicyclic) bond motifs is 1. The molecule has 1 aliphatic heterocycles. The van der Waals surface area contributed by atoms with Crippen LogP contribution in [0.5, 0.6) is 0 Å². The van der Waals surface area contributed by atoms with E-state index in [1.807, 2.05) is 12.1 Å². The van der Waals surface area contributed by atoms with Gasteiger partial charge in [0.1, 0.15) is 0 Å². The number of piperazine rings is 1. The molecule has 0 radical (unpaired) electrons. The number of hydrogen-bond acceptors (Lipinski definition) is 6. The Balaban J connectivity index is 1.23. The zero-order valence-corrected chi connectivity index (χ0v) is 18.8. The van der Waals surface area contributed by atoms with Crippen LogP contribution in [0.15, 0.2) is 65.8 Å². The molecule has 2 heterocycles. The minimum absolute atomic E-state index is 0.291. The largest absolute Gasteiger partial charge is 0.368 e. The zero-order valence-electron chi connectivity index (χ0n) is 17.9. The summed E-state index contributed by atoms with van der Waals surface area (Å²) >= 11 is 0. The summed E-state index contributed by atoms with van der Waals surface area (Å²) < 4.78 is 28.3. The third kappa shape index (κ3) is 4.41. The molecule has 3 aromatic rings. The predicted octanol–water partition coefficient (Wildman–Crippen LogP) is 3.48. The Morgan fingerprint density at radius 3 is 2.16 bits per heavy atom. The number of para-hydroxylation sites is 1. The Morgan fingerprint density at radius 2 is 1.44 bits per heavy atom. The lowest BCUT2D eigenvalue weighted by atomic mass is 9.92. The molecule has 32 heavy (non-hydrogen) atoms. The van der Waals surface area contributed by atoms with Crippen LogP contribution in [0, 0.1) is 0 Å². The fraction of sp³-hybridized carbons (Fsp3) is 0.333. The van der Waals surface area contributed by atoms with Gasteiger partial charge in [-0.3, -0.25) is 4.72 Å². The van der Waals surface area contributed by atoms with E-state index in [0.29, 0.717) is 16.5 Å². The lowest BCUT2D eigenvalue weighted by Gasteiger charge is -2.36. The molecule has 1 saturated heterocycles. The maximum absolute atomic E-state index is 12.9. The number of benzene rings is 2. The molecule has 1 N–H and O–H groups in total. The highest BCUT2D eigenvalue weighted by atomic mass is 32.2. The number of sulfonamides is 1. The molecule has 5 rings (SSSR count). The molecule has 8 heteroatoms. The van der Waals surface area contributed by atoms with E-state index < -0.39 is 10.0 Å². The molecule has 0 unspecified atom stereocenters. The number of anilines is 3. The third-order valence-corrected chi connectivity index (χ3v) is 7.58. The molecular weight excluding hydrogens is 422 g/mol. The minimum Gasteiger partial charge on any atom is -0.368 e. The highest BCUT2D eigenvalue weighted by Crippen LogP contribution is 2.25. The first kappa shape index (κ1) is 20.8. The lowest BCUT2D eigenvalue weighted by Crippen LogP contribution is -2.47. The Labute approximate surface area is 189 Å². The molecule has 0 atom stereocenters. The first-order valence-electron chi connectivity index (χ1n) is 11.1. The molecular formula is C24H27N5O2S. The molecule has 1 fully saturated rings. The van der Waals surface area contributed by atoms with Crippen LogP contribution in [0.25, 0.3) is 0 Å². The van der Waals surface area contributed by atoms with Crippen molar-refractivity contribution in [2.45, 2.75) is 30.6 Å². The van der Waals surface area contributed by atoms with Crippen molar-refractivity contribution in [3.05, 3.63) is 72.1 Å². The number of hydrogen-bond donors (Lipinski definition) is 1. The molecule has 0 saturated carbocycles. The standard InChI is InChI=1S/C24H27N5O2S/c30-32(31,23-11-10-19-6-4-5-7-20(19)16-23)27-21-17-25-24(26-18-21)29-14-12-28(13-15-29)22-8-2-1-3-9-22/h1-3,8-11,16-18,27H,4-7,12-15H2. The van der Waals surface area contributed by atoms with E-state index in [9.17, 15) is 8.42 Å². The second kappa shape index (κ2) is 8.78. The Hall–Kier alpha value is -3.13. The van der Waals surface area contributed by atoms with Gasteiger partial charge in [0.15, 0.2) is 0 Å². The number of nitrogens with one attached hydrogen (secondary N) is 1. The van der Waals surface area contributed by atoms with Crippen molar-refractivity contribution >= 4 is 27.3 Å². The van der Waals surface area contributed by atoms with E-state index in [2.05, 4.69) is 48.8 Å². The van der Waals surface area contributed by atoms with E-state index >= 15 is 0 Å². The van der Waals surface area contributed by atoms with Crippen LogP contribution in [0.4, 0.5) is 17.3 Å². The molecule has 0 spiro atoms. The fourth-order valence-corrected chi connectivity index (χ4v) is 5.51. The molecule has 0 bridgehead atoms. The first-order valence-corrected chi connectivity index (χ1v) is 12.6. The summed E-state index contributed by atoms with van der Waals surface area (Å²) in [6.45, 7) is 3.41. The molecule has 166 valence electrons. The monoisotopic (exact) mass is 449 g/mol. The van der Waals surface area contributed by atoms with Gasteiger partial charge in [-0.25, -0.2) is 18.4 Å². The van der Waals surface area contributed by atoms with Crippen LogP contribution >= 0.6 is 0 Å². The number of aromatic nitrogens is 2. The Kier molecular flexibility index (Phi) is 5.70. The summed E-state index contributed by atoms with van der Waals surface area (Å²) in [5.74, 6) is 0.620. The molecule has 1 aromatic heterocycles. The lowest BCUT2D eigenvalue weighted by molar-refractivity contribution is 0.600. The zero-order chi connectivity index (χ0) is 22.0. The van der Waals surface area contributed by atoms with Crippen molar-refractivity contribution in [3.8, 4) is 0 Å². The van der Waals surface area contributed by atoms with E-state index in [-0.39, 0.29) is 0 Å². The van der Waals surface area contributed by atoms with Crippen LogP contribution in [-0.2, 0) is 22.9 Å². The second-order valence-corrected chi connectivity index (χ2v) is 10.0. The van der Waals surface area contributed by atoms with Crippen molar-refractivity contribution < 1.29 is 8.42 Å². The maximum atomic E-state index is 12.9. The number of aryl methyl sites for hydroxylation is 2. The van der Waals surface area contributed by atoms with Gasteiger partial charge < -0.3 is 9.80 Å². The van der Waals surface area contributed by atoms with Gasteiger partial charge in [-0.15, -0.1) is 0 Å². The average Bonchev–Trinajstić information content (AvgIpc) is 2.85. The van der Waals surface area contributed by atoms with Crippen LogP contribution in [-0.4, -0.2) is 44.6 Å². The van der Waals surface area contributed by atoms with Crippen LogP contribution in [0.3, 0.4) is 0 Å². The maximum Gasteiger partial charge on any atom is 0.262 e. The molecule has 0 amide bonds. The summed E-state index contributed by atoms with van der Waals surface area (Å²) in [5.41, 5.74) is 3.99. The summed E-state index contributed by atoms with van der Waals surface area (Å²) in [5, 5.41) is 0. The van der Waals surface area contributed by atoms with Crippen molar-refractivity contribution in [3.63, 3.8) is 0 Å². The summed E-state index contributed by atoms with van der Waals surface area (Å²) in [6.07, 6.45) is 7.33. The molecule has 2 aliphatic rings. The van der Waals surface area contributed by atoms with E-state index in [1.54, 1.807) is 24.5 Å². The first-order chi connectivity index (χ1) is 15.6. The van der Waals surface area contributed by atoms with Gasteiger partial charge in [0, 0.05) is 31.9 Å².